The van der Waals surface area contributed by atoms with Crippen LogP contribution in [-0.4, -0.2) is 12.3 Å². The van der Waals surface area contributed by atoms with Gasteiger partial charge in [0, 0.05) is 0 Å². The molecule has 0 amide bonds. The number of alkyl halides is 5. The fourth-order valence-corrected chi connectivity index (χ4v) is 3.52. The number of rotatable bonds is 7. The lowest BCUT2D eigenvalue weighted by molar-refractivity contribution is -0.360. The minimum atomic E-state index is -5.72. The first-order chi connectivity index (χ1) is 11.7. The number of ether oxygens (including phenoxy) is 1. The molecule has 1 saturated carbocycles. The van der Waals surface area contributed by atoms with Crippen molar-refractivity contribution in [3.8, 4) is 5.75 Å². The number of halogens is 5. The van der Waals surface area contributed by atoms with Crippen molar-refractivity contribution in [2.24, 2.45) is 11.8 Å². The van der Waals surface area contributed by atoms with Gasteiger partial charge in [-0.15, -0.1) is 0 Å². The Morgan fingerprint density at radius 2 is 1.40 bits per heavy atom. The highest BCUT2D eigenvalue weighted by atomic mass is 19.4. The second-order valence-corrected chi connectivity index (χ2v) is 6.97. The second kappa shape index (κ2) is 8.37. The Balaban J connectivity index is 1.79. The molecule has 0 unspecified atom stereocenters. The molecule has 1 aromatic rings. The summed E-state index contributed by atoms with van der Waals surface area (Å²) in [6.45, 7) is 2.21. The van der Waals surface area contributed by atoms with E-state index < -0.39 is 18.0 Å². The van der Waals surface area contributed by atoms with Gasteiger partial charge in [-0.2, -0.15) is 22.0 Å². The highest BCUT2D eigenvalue weighted by molar-refractivity contribution is 5.27. The van der Waals surface area contributed by atoms with Crippen molar-refractivity contribution in [3.05, 3.63) is 29.8 Å². The Hall–Kier alpha value is -1.33. The molecule has 1 nitrogen and oxygen atoms in total. The number of hydrogen-bond acceptors (Lipinski definition) is 1. The average molecular weight is 364 g/mol. The molecule has 0 saturated heterocycles. The summed E-state index contributed by atoms with van der Waals surface area (Å²) in [7, 11) is 0. The lowest BCUT2D eigenvalue weighted by Gasteiger charge is -2.28. The second-order valence-electron chi connectivity index (χ2n) is 6.97. The summed E-state index contributed by atoms with van der Waals surface area (Å²) in [5.41, 5.74) is 0.929. The minimum Gasteiger partial charge on any atom is -0.426 e. The molecule has 6 heteroatoms. The van der Waals surface area contributed by atoms with Crippen molar-refractivity contribution in [3.63, 3.8) is 0 Å². The summed E-state index contributed by atoms with van der Waals surface area (Å²) >= 11 is 0. The SMILES string of the molecule is CCC[C@H]1CC[C@H](CCc2ccc(OC(F)(F)C(F)(F)F)cc2)CC1. The van der Waals surface area contributed by atoms with Gasteiger partial charge in [0.25, 0.3) is 0 Å². The molecule has 0 spiro atoms. The summed E-state index contributed by atoms with van der Waals surface area (Å²) in [5.74, 6) is 1.05. The molecule has 1 aliphatic carbocycles. The Kier molecular flexibility index (Phi) is 6.69. The standard InChI is InChI=1S/C19H25F5O/c1-2-3-14-4-6-15(7-5-14)8-9-16-10-12-17(13-11-16)25-19(23,24)18(20,21)22/h10-15H,2-9H2,1H3/t14-,15-. The lowest BCUT2D eigenvalue weighted by Crippen LogP contribution is -2.41. The topological polar surface area (TPSA) is 9.23 Å². The van der Waals surface area contributed by atoms with Crippen LogP contribution in [0.5, 0.6) is 5.75 Å². The number of aryl methyl sites for hydroxylation is 1. The van der Waals surface area contributed by atoms with Crippen LogP contribution >= 0.6 is 0 Å². The van der Waals surface area contributed by atoms with Crippen LogP contribution in [0.4, 0.5) is 22.0 Å². The van der Waals surface area contributed by atoms with Gasteiger partial charge in [0.05, 0.1) is 0 Å². The van der Waals surface area contributed by atoms with E-state index in [2.05, 4.69) is 11.7 Å². The average Bonchev–Trinajstić information content (AvgIpc) is 2.54. The minimum absolute atomic E-state index is 0.480. The first kappa shape index (κ1) is 20.0. The maximum Gasteiger partial charge on any atom is 0.499 e. The highest BCUT2D eigenvalue weighted by Crippen LogP contribution is 2.37. The monoisotopic (exact) mass is 364 g/mol. The molecule has 0 bridgehead atoms. The van der Waals surface area contributed by atoms with Crippen molar-refractivity contribution in [2.75, 3.05) is 0 Å². The molecule has 142 valence electrons. The predicted octanol–water partition coefficient (Wildman–Crippen LogP) is 6.76. The van der Waals surface area contributed by atoms with Crippen molar-refractivity contribution in [1.82, 2.24) is 0 Å². The zero-order valence-electron chi connectivity index (χ0n) is 14.4. The summed E-state index contributed by atoms with van der Waals surface area (Å²) in [5, 5.41) is 0. The van der Waals surface area contributed by atoms with E-state index in [4.69, 9.17) is 0 Å². The van der Waals surface area contributed by atoms with Gasteiger partial charge >= 0.3 is 12.3 Å². The Morgan fingerprint density at radius 1 is 0.880 bits per heavy atom. The number of benzene rings is 1. The fourth-order valence-electron chi connectivity index (χ4n) is 3.52. The number of hydrogen-bond donors (Lipinski definition) is 0. The molecule has 0 heterocycles. The lowest BCUT2D eigenvalue weighted by atomic mass is 9.78. The van der Waals surface area contributed by atoms with Gasteiger partial charge in [-0.1, -0.05) is 57.6 Å². The van der Waals surface area contributed by atoms with Crippen molar-refractivity contribution in [2.45, 2.75) is 70.6 Å². The summed E-state index contributed by atoms with van der Waals surface area (Å²) in [6.07, 6.45) is -1.53. The van der Waals surface area contributed by atoms with Crippen LogP contribution in [0.3, 0.4) is 0 Å². The normalized spacial score (nSPS) is 22.0. The van der Waals surface area contributed by atoms with Crippen LogP contribution < -0.4 is 4.74 Å². The summed E-state index contributed by atoms with van der Waals surface area (Å²) in [6, 6.07) is 5.47. The van der Waals surface area contributed by atoms with E-state index in [0.29, 0.717) is 5.92 Å². The quantitative estimate of drug-likeness (QED) is 0.486. The van der Waals surface area contributed by atoms with Crippen LogP contribution in [0.15, 0.2) is 24.3 Å². The Morgan fingerprint density at radius 3 is 1.88 bits per heavy atom. The molecule has 1 aliphatic rings. The molecule has 25 heavy (non-hydrogen) atoms. The van der Waals surface area contributed by atoms with Gasteiger partial charge < -0.3 is 4.74 Å². The third-order valence-corrected chi connectivity index (χ3v) is 5.00. The molecule has 0 N–H and O–H groups in total. The first-order valence-corrected chi connectivity index (χ1v) is 8.93. The van der Waals surface area contributed by atoms with Gasteiger partial charge in [-0.05, 0) is 42.4 Å². The van der Waals surface area contributed by atoms with Crippen LogP contribution in [0.25, 0.3) is 0 Å². The summed E-state index contributed by atoms with van der Waals surface area (Å²) < 4.78 is 65.9. The van der Waals surface area contributed by atoms with E-state index in [1.807, 2.05) is 0 Å². The maximum atomic E-state index is 12.8. The van der Waals surface area contributed by atoms with Crippen molar-refractivity contribution < 1.29 is 26.7 Å². The Labute approximate surface area is 145 Å². The van der Waals surface area contributed by atoms with Crippen LogP contribution in [-0.2, 0) is 6.42 Å². The zero-order valence-corrected chi connectivity index (χ0v) is 14.4. The van der Waals surface area contributed by atoms with Crippen molar-refractivity contribution in [1.29, 1.82) is 0 Å². The fraction of sp³-hybridized carbons (Fsp3) is 0.684. The maximum absolute atomic E-state index is 12.8. The van der Waals surface area contributed by atoms with E-state index in [1.165, 1.54) is 50.7 Å². The Bertz CT molecular complexity index is 516. The molecular weight excluding hydrogens is 339 g/mol. The van der Waals surface area contributed by atoms with Crippen LogP contribution in [0, 0.1) is 11.8 Å². The van der Waals surface area contributed by atoms with E-state index >= 15 is 0 Å². The van der Waals surface area contributed by atoms with E-state index in [0.717, 1.165) is 24.3 Å². The van der Waals surface area contributed by atoms with Gasteiger partial charge in [0.15, 0.2) is 0 Å². The largest absolute Gasteiger partial charge is 0.499 e. The first-order valence-electron chi connectivity index (χ1n) is 8.93. The van der Waals surface area contributed by atoms with Gasteiger partial charge in [0.1, 0.15) is 5.75 Å². The van der Waals surface area contributed by atoms with E-state index in [9.17, 15) is 22.0 Å². The van der Waals surface area contributed by atoms with Gasteiger partial charge in [-0.25, -0.2) is 0 Å². The molecule has 0 aromatic heterocycles. The molecule has 1 fully saturated rings. The van der Waals surface area contributed by atoms with Gasteiger partial charge in [0.2, 0.25) is 0 Å². The zero-order chi connectivity index (χ0) is 18.5. The predicted molar refractivity (Wildman–Crippen MR) is 86.7 cm³/mol. The highest BCUT2D eigenvalue weighted by Gasteiger charge is 2.61. The van der Waals surface area contributed by atoms with Crippen molar-refractivity contribution >= 4 is 0 Å². The third-order valence-electron chi connectivity index (χ3n) is 5.00. The summed E-state index contributed by atoms with van der Waals surface area (Å²) in [4.78, 5) is 0. The van der Waals surface area contributed by atoms with Crippen LogP contribution in [0.2, 0.25) is 0 Å². The molecular formula is C19H25F5O. The molecule has 0 aliphatic heterocycles. The molecule has 0 atom stereocenters. The molecule has 1 aromatic carbocycles. The van der Waals surface area contributed by atoms with E-state index in [-0.39, 0.29) is 0 Å². The molecule has 0 radical (unpaired) electrons. The smallest absolute Gasteiger partial charge is 0.426 e. The van der Waals surface area contributed by atoms with Crippen LogP contribution in [0.1, 0.15) is 57.4 Å². The molecule has 2 rings (SSSR count). The van der Waals surface area contributed by atoms with Gasteiger partial charge in [-0.3, -0.25) is 0 Å². The van der Waals surface area contributed by atoms with E-state index in [1.54, 1.807) is 12.1 Å². The third kappa shape index (κ3) is 5.86.